The largest absolute Gasteiger partial charge is 0.380 e. The van der Waals surface area contributed by atoms with Gasteiger partial charge in [0.05, 0.1) is 5.69 Å². The second-order valence-electron chi connectivity index (χ2n) is 4.42. The van der Waals surface area contributed by atoms with Gasteiger partial charge in [-0.05, 0) is 47.3 Å². The van der Waals surface area contributed by atoms with Crippen LogP contribution in [0, 0.1) is 5.92 Å². The Labute approximate surface area is 99.6 Å². The molecule has 0 aromatic carbocycles. The van der Waals surface area contributed by atoms with Crippen molar-refractivity contribution in [2.24, 2.45) is 5.92 Å². The molecule has 1 fully saturated rings. The second kappa shape index (κ2) is 4.97. The van der Waals surface area contributed by atoms with Crippen molar-refractivity contribution >= 4 is 21.6 Å². The molecule has 0 radical (unpaired) electrons. The number of aromatic nitrogens is 1. The van der Waals surface area contributed by atoms with Gasteiger partial charge in [-0.15, -0.1) is 0 Å². The van der Waals surface area contributed by atoms with E-state index in [1.54, 1.807) is 6.20 Å². The zero-order chi connectivity index (χ0) is 10.7. The Morgan fingerprint density at radius 3 is 3.00 bits per heavy atom. The summed E-state index contributed by atoms with van der Waals surface area (Å²) < 4.78 is 0.908. The van der Waals surface area contributed by atoms with Crippen molar-refractivity contribution in [2.45, 2.75) is 38.6 Å². The van der Waals surface area contributed by atoms with Gasteiger partial charge in [-0.3, -0.25) is 0 Å². The Kier molecular flexibility index (Phi) is 3.62. The summed E-state index contributed by atoms with van der Waals surface area (Å²) in [6.45, 7) is 2.25. The van der Waals surface area contributed by atoms with Gasteiger partial charge in [-0.1, -0.05) is 19.3 Å². The maximum absolute atomic E-state index is 4.20. The summed E-state index contributed by atoms with van der Waals surface area (Å²) in [5, 5.41) is 3.50. The molecule has 0 saturated heterocycles. The number of halogens is 1. The molecule has 0 bridgehead atoms. The highest BCUT2D eigenvalue weighted by Crippen LogP contribution is 2.31. The number of anilines is 1. The molecule has 3 heteroatoms. The van der Waals surface area contributed by atoms with Gasteiger partial charge >= 0.3 is 0 Å². The van der Waals surface area contributed by atoms with E-state index in [0.29, 0.717) is 6.04 Å². The molecular formula is C12H17BrN2. The maximum Gasteiger partial charge on any atom is 0.129 e. The van der Waals surface area contributed by atoms with Crippen molar-refractivity contribution in [3.63, 3.8) is 0 Å². The molecule has 0 spiro atoms. The van der Waals surface area contributed by atoms with Crippen LogP contribution in [0.4, 0.5) is 5.69 Å². The third-order valence-corrected chi connectivity index (χ3v) is 3.70. The molecule has 1 heterocycles. The van der Waals surface area contributed by atoms with Crippen LogP contribution in [0.3, 0.4) is 0 Å². The van der Waals surface area contributed by atoms with Gasteiger partial charge < -0.3 is 5.32 Å². The zero-order valence-corrected chi connectivity index (χ0v) is 10.6. The second-order valence-corrected chi connectivity index (χ2v) is 5.17. The molecule has 1 saturated carbocycles. The molecule has 15 heavy (non-hydrogen) atoms. The van der Waals surface area contributed by atoms with Crippen molar-refractivity contribution in [1.29, 1.82) is 0 Å². The highest BCUT2D eigenvalue weighted by Gasteiger charge is 2.20. The van der Waals surface area contributed by atoms with Gasteiger partial charge in [-0.2, -0.15) is 0 Å². The Balaban J connectivity index is 1.87. The molecule has 0 amide bonds. The lowest BCUT2D eigenvalue weighted by Crippen LogP contribution is -2.23. The van der Waals surface area contributed by atoms with E-state index < -0.39 is 0 Å². The van der Waals surface area contributed by atoms with Gasteiger partial charge in [0.1, 0.15) is 4.60 Å². The molecule has 82 valence electrons. The van der Waals surface area contributed by atoms with Crippen molar-refractivity contribution in [3.05, 3.63) is 22.9 Å². The monoisotopic (exact) mass is 268 g/mol. The maximum atomic E-state index is 4.20. The standard InChI is InChI=1S/C12H17BrN2/c1-9(8-10-4-2-5-10)15-11-6-3-7-14-12(11)13/h3,6-7,9-10,15H,2,4-5,8H2,1H3. The first-order valence-corrected chi connectivity index (χ1v) is 6.42. The fourth-order valence-corrected chi connectivity index (χ4v) is 2.41. The van der Waals surface area contributed by atoms with E-state index >= 15 is 0 Å². The van der Waals surface area contributed by atoms with Gasteiger partial charge in [-0.25, -0.2) is 4.98 Å². The Morgan fingerprint density at radius 1 is 1.60 bits per heavy atom. The molecule has 2 rings (SSSR count). The van der Waals surface area contributed by atoms with Crippen LogP contribution >= 0.6 is 15.9 Å². The predicted molar refractivity (Wildman–Crippen MR) is 67.0 cm³/mol. The first-order chi connectivity index (χ1) is 7.25. The summed E-state index contributed by atoms with van der Waals surface area (Å²) in [4.78, 5) is 4.20. The van der Waals surface area contributed by atoms with Crippen molar-refractivity contribution in [3.8, 4) is 0 Å². The highest BCUT2D eigenvalue weighted by atomic mass is 79.9. The summed E-state index contributed by atoms with van der Waals surface area (Å²) in [6, 6.07) is 4.56. The number of rotatable bonds is 4. The normalized spacial score (nSPS) is 18.3. The number of pyridine rings is 1. The first kappa shape index (κ1) is 10.9. The average molecular weight is 269 g/mol. The van der Waals surface area contributed by atoms with Crippen LogP contribution in [0.5, 0.6) is 0 Å². The third-order valence-electron chi connectivity index (χ3n) is 3.07. The quantitative estimate of drug-likeness (QED) is 0.840. The topological polar surface area (TPSA) is 24.9 Å². The fraction of sp³-hybridized carbons (Fsp3) is 0.583. The summed E-state index contributed by atoms with van der Waals surface area (Å²) in [5.74, 6) is 0.947. The van der Waals surface area contributed by atoms with Crippen LogP contribution in [0.25, 0.3) is 0 Å². The van der Waals surface area contributed by atoms with E-state index in [-0.39, 0.29) is 0 Å². The third kappa shape index (κ3) is 2.94. The molecule has 1 aliphatic rings. The number of nitrogens with one attached hydrogen (secondary N) is 1. The van der Waals surface area contributed by atoms with Crippen molar-refractivity contribution in [2.75, 3.05) is 5.32 Å². The Hall–Kier alpha value is -0.570. The molecule has 1 atom stereocenters. The van der Waals surface area contributed by atoms with E-state index in [9.17, 15) is 0 Å². The molecule has 1 aliphatic carbocycles. The van der Waals surface area contributed by atoms with E-state index in [2.05, 4.69) is 39.2 Å². The number of hydrogen-bond acceptors (Lipinski definition) is 2. The lowest BCUT2D eigenvalue weighted by Gasteiger charge is -2.29. The van der Waals surface area contributed by atoms with Gasteiger partial charge in [0.15, 0.2) is 0 Å². The SMILES string of the molecule is CC(CC1CCC1)Nc1cccnc1Br. The molecule has 0 aliphatic heterocycles. The summed E-state index contributed by atoms with van der Waals surface area (Å²) in [5.41, 5.74) is 1.10. The van der Waals surface area contributed by atoms with Gasteiger partial charge in [0.25, 0.3) is 0 Å². The predicted octanol–water partition coefficient (Wildman–Crippen LogP) is 3.83. The van der Waals surface area contributed by atoms with Crippen molar-refractivity contribution in [1.82, 2.24) is 4.98 Å². The van der Waals surface area contributed by atoms with Gasteiger partial charge in [0, 0.05) is 12.2 Å². The molecule has 1 aromatic heterocycles. The Bertz CT molecular complexity index is 323. The number of hydrogen-bond donors (Lipinski definition) is 1. The van der Waals surface area contributed by atoms with Crippen LogP contribution in [-0.2, 0) is 0 Å². The van der Waals surface area contributed by atoms with Crippen LogP contribution in [0.15, 0.2) is 22.9 Å². The van der Waals surface area contributed by atoms with Crippen LogP contribution in [0.2, 0.25) is 0 Å². The summed E-state index contributed by atoms with van der Waals surface area (Å²) >= 11 is 3.45. The molecule has 1 aromatic rings. The van der Waals surface area contributed by atoms with Crippen molar-refractivity contribution < 1.29 is 0 Å². The zero-order valence-electron chi connectivity index (χ0n) is 9.04. The molecular weight excluding hydrogens is 252 g/mol. The fourth-order valence-electron chi connectivity index (χ4n) is 2.05. The molecule has 1 N–H and O–H groups in total. The lowest BCUT2D eigenvalue weighted by molar-refractivity contribution is 0.286. The minimum absolute atomic E-state index is 0.538. The average Bonchev–Trinajstić information content (AvgIpc) is 2.16. The molecule has 2 nitrogen and oxygen atoms in total. The highest BCUT2D eigenvalue weighted by molar-refractivity contribution is 9.10. The smallest absolute Gasteiger partial charge is 0.129 e. The van der Waals surface area contributed by atoms with E-state index in [1.165, 1.54) is 25.7 Å². The molecule has 1 unspecified atom stereocenters. The first-order valence-electron chi connectivity index (χ1n) is 5.63. The Morgan fingerprint density at radius 2 is 2.40 bits per heavy atom. The minimum Gasteiger partial charge on any atom is -0.380 e. The van der Waals surface area contributed by atoms with Crippen LogP contribution in [0.1, 0.15) is 32.6 Å². The van der Waals surface area contributed by atoms with Crippen LogP contribution in [-0.4, -0.2) is 11.0 Å². The van der Waals surface area contributed by atoms with E-state index in [0.717, 1.165) is 16.2 Å². The van der Waals surface area contributed by atoms with E-state index in [4.69, 9.17) is 0 Å². The van der Waals surface area contributed by atoms with Gasteiger partial charge in [0.2, 0.25) is 0 Å². The summed E-state index contributed by atoms with van der Waals surface area (Å²) in [7, 11) is 0. The van der Waals surface area contributed by atoms with E-state index in [1.807, 2.05) is 6.07 Å². The number of nitrogens with zero attached hydrogens (tertiary/aromatic N) is 1. The summed E-state index contributed by atoms with van der Waals surface area (Å²) in [6.07, 6.45) is 7.33. The lowest BCUT2D eigenvalue weighted by atomic mass is 9.81. The minimum atomic E-state index is 0.538. The van der Waals surface area contributed by atoms with Crippen LogP contribution < -0.4 is 5.32 Å².